The van der Waals surface area contributed by atoms with E-state index in [1.165, 1.54) is 0 Å². The molecule has 1 aromatic rings. The molecule has 0 fully saturated rings. The van der Waals surface area contributed by atoms with Crippen LogP contribution in [0.1, 0.15) is 11.1 Å². The van der Waals surface area contributed by atoms with Gasteiger partial charge in [-0.05, 0) is 5.56 Å². The van der Waals surface area contributed by atoms with Crippen LogP contribution >= 0.6 is 12.2 Å². The first kappa shape index (κ1) is 14.6. The number of hydrogen-bond donors (Lipinski definition) is 2. The lowest BCUT2D eigenvalue weighted by molar-refractivity contribution is -0.118. The number of benzene rings is 1. The summed E-state index contributed by atoms with van der Waals surface area (Å²) in [5, 5.41) is 2.52. The van der Waals surface area contributed by atoms with Crippen LogP contribution in [0.25, 0.3) is 0 Å². The molecule has 0 saturated heterocycles. The van der Waals surface area contributed by atoms with E-state index < -0.39 is 21.5 Å². The van der Waals surface area contributed by atoms with Gasteiger partial charge in [0.2, 0.25) is 5.91 Å². The minimum atomic E-state index is -3.29. The molecule has 98 valence electrons. The highest BCUT2D eigenvalue weighted by Crippen LogP contribution is 2.04. The molecule has 5 nitrogen and oxygen atoms in total. The molecule has 0 aromatic heterocycles. The topological polar surface area (TPSA) is 89.3 Å². The molecule has 1 aromatic carbocycles. The monoisotopic (exact) mass is 286 g/mol. The van der Waals surface area contributed by atoms with E-state index in [9.17, 15) is 13.2 Å². The fourth-order valence-electron chi connectivity index (χ4n) is 1.28. The minimum Gasteiger partial charge on any atom is -0.389 e. The van der Waals surface area contributed by atoms with Gasteiger partial charge in [-0.1, -0.05) is 36.5 Å². The lowest BCUT2D eigenvalue weighted by atomic mass is 10.1. The second-order valence-corrected chi connectivity index (χ2v) is 6.49. The van der Waals surface area contributed by atoms with Crippen molar-refractivity contribution in [3.8, 4) is 0 Å². The largest absolute Gasteiger partial charge is 0.389 e. The van der Waals surface area contributed by atoms with Crippen LogP contribution in [-0.2, 0) is 21.2 Å². The minimum absolute atomic E-state index is 0.270. The number of rotatable bonds is 5. The third-order valence-electron chi connectivity index (χ3n) is 2.12. The predicted octanol–water partition coefficient (Wildman–Crippen LogP) is -0.0184. The van der Waals surface area contributed by atoms with E-state index in [-0.39, 0.29) is 6.54 Å². The maximum Gasteiger partial charge on any atom is 0.235 e. The Balaban J connectivity index is 2.54. The second kappa shape index (κ2) is 5.92. The van der Waals surface area contributed by atoms with Gasteiger partial charge in [0.05, 0.1) is 0 Å². The summed E-state index contributed by atoms with van der Waals surface area (Å²) in [6, 6.07) is 7.05. The summed E-state index contributed by atoms with van der Waals surface area (Å²) in [6.07, 6.45) is 1.02. The summed E-state index contributed by atoms with van der Waals surface area (Å²) in [5.74, 6) is -1.02. The molecule has 3 N–H and O–H groups in total. The van der Waals surface area contributed by atoms with Gasteiger partial charge in [0.15, 0.2) is 9.84 Å². The molecule has 1 rings (SSSR count). The van der Waals surface area contributed by atoms with Crippen molar-refractivity contribution in [2.75, 3.05) is 12.0 Å². The summed E-state index contributed by atoms with van der Waals surface area (Å²) in [5.41, 5.74) is 7.04. The van der Waals surface area contributed by atoms with Crippen LogP contribution in [0.3, 0.4) is 0 Å². The highest BCUT2D eigenvalue weighted by molar-refractivity contribution is 7.91. The van der Waals surface area contributed by atoms with Crippen LogP contribution in [0.5, 0.6) is 0 Å². The first-order valence-corrected chi connectivity index (χ1v) is 7.58. The quantitative estimate of drug-likeness (QED) is 0.743. The van der Waals surface area contributed by atoms with Gasteiger partial charge in [0, 0.05) is 18.4 Å². The molecule has 0 radical (unpaired) electrons. The van der Waals surface area contributed by atoms with E-state index in [1.54, 1.807) is 24.3 Å². The average Bonchev–Trinajstić information content (AvgIpc) is 2.24. The molecule has 0 aliphatic carbocycles. The highest BCUT2D eigenvalue weighted by Gasteiger charge is 2.10. The molecule has 0 spiro atoms. The molecule has 0 heterocycles. The van der Waals surface area contributed by atoms with Crippen molar-refractivity contribution in [1.29, 1.82) is 0 Å². The van der Waals surface area contributed by atoms with Gasteiger partial charge in [-0.15, -0.1) is 0 Å². The molecule has 0 unspecified atom stereocenters. The van der Waals surface area contributed by atoms with Crippen LogP contribution < -0.4 is 11.1 Å². The van der Waals surface area contributed by atoms with Crippen LogP contribution in [0.15, 0.2) is 24.3 Å². The number of amides is 1. The SMILES string of the molecule is CS(=O)(=O)CC(=O)NCc1ccc(C(N)=S)cc1. The zero-order valence-electron chi connectivity index (χ0n) is 9.84. The van der Waals surface area contributed by atoms with Crippen molar-refractivity contribution in [1.82, 2.24) is 5.32 Å². The van der Waals surface area contributed by atoms with Gasteiger partial charge in [-0.2, -0.15) is 0 Å². The van der Waals surface area contributed by atoms with Gasteiger partial charge in [0.25, 0.3) is 0 Å². The molecule has 0 aliphatic rings. The summed E-state index contributed by atoms with van der Waals surface area (Å²) in [4.78, 5) is 11.6. The summed E-state index contributed by atoms with van der Waals surface area (Å²) >= 11 is 4.81. The fourth-order valence-corrected chi connectivity index (χ4v) is 1.99. The van der Waals surface area contributed by atoms with Gasteiger partial charge in [-0.3, -0.25) is 4.79 Å². The number of hydrogen-bond acceptors (Lipinski definition) is 4. The Morgan fingerprint density at radius 2 is 1.89 bits per heavy atom. The van der Waals surface area contributed by atoms with E-state index >= 15 is 0 Å². The average molecular weight is 286 g/mol. The summed E-state index contributed by atoms with van der Waals surface area (Å²) in [7, 11) is -3.29. The molecule has 18 heavy (non-hydrogen) atoms. The molecule has 0 aliphatic heterocycles. The normalized spacial score (nSPS) is 10.9. The Kier molecular flexibility index (Phi) is 4.80. The van der Waals surface area contributed by atoms with Crippen molar-refractivity contribution < 1.29 is 13.2 Å². The number of sulfone groups is 1. The standard InChI is InChI=1S/C11H14N2O3S2/c1-18(15,16)7-10(14)13-6-8-2-4-9(5-3-8)11(12)17/h2-5H,6-7H2,1H3,(H2,12,17)(H,13,14). The van der Waals surface area contributed by atoms with Crippen molar-refractivity contribution in [3.05, 3.63) is 35.4 Å². The van der Waals surface area contributed by atoms with Crippen LogP contribution in [0.2, 0.25) is 0 Å². The molecule has 0 atom stereocenters. The van der Waals surface area contributed by atoms with Crippen molar-refractivity contribution in [2.24, 2.45) is 5.73 Å². The van der Waals surface area contributed by atoms with Crippen molar-refractivity contribution >= 4 is 33.0 Å². The third-order valence-corrected chi connectivity index (χ3v) is 3.14. The number of nitrogens with one attached hydrogen (secondary N) is 1. The Hall–Kier alpha value is -1.47. The maximum atomic E-state index is 11.3. The molecular formula is C11H14N2O3S2. The van der Waals surface area contributed by atoms with Crippen molar-refractivity contribution in [3.63, 3.8) is 0 Å². The maximum absolute atomic E-state index is 11.3. The number of thiocarbonyl (C=S) groups is 1. The van der Waals surface area contributed by atoms with E-state index in [1.807, 2.05) is 0 Å². The number of carbonyl (C=O) groups excluding carboxylic acids is 1. The first-order valence-electron chi connectivity index (χ1n) is 5.11. The summed E-state index contributed by atoms with van der Waals surface area (Å²) < 4.78 is 21.8. The number of carbonyl (C=O) groups is 1. The molecule has 7 heteroatoms. The molecule has 1 amide bonds. The van der Waals surface area contributed by atoms with E-state index in [0.717, 1.165) is 17.4 Å². The second-order valence-electron chi connectivity index (χ2n) is 3.91. The lowest BCUT2D eigenvalue weighted by Gasteiger charge is -2.05. The van der Waals surface area contributed by atoms with Crippen LogP contribution in [-0.4, -0.2) is 31.3 Å². The number of nitrogens with two attached hydrogens (primary N) is 1. The van der Waals surface area contributed by atoms with E-state index in [0.29, 0.717) is 4.99 Å². The zero-order chi connectivity index (χ0) is 13.8. The van der Waals surface area contributed by atoms with Crippen LogP contribution in [0, 0.1) is 0 Å². The van der Waals surface area contributed by atoms with Gasteiger partial charge < -0.3 is 11.1 Å². The van der Waals surface area contributed by atoms with Crippen LogP contribution in [0.4, 0.5) is 0 Å². The fraction of sp³-hybridized carbons (Fsp3) is 0.273. The van der Waals surface area contributed by atoms with E-state index in [2.05, 4.69) is 5.32 Å². The van der Waals surface area contributed by atoms with Gasteiger partial charge in [0.1, 0.15) is 10.7 Å². The van der Waals surface area contributed by atoms with Crippen molar-refractivity contribution in [2.45, 2.75) is 6.54 Å². The van der Waals surface area contributed by atoms with Gasteiger partial charge in [-0.25, -0.2) is 8.42 Å². The third kappa shape index (κ3) is 5.24. The Labute approximate surface area is 111 Å². The van der Waals surface area contributed by atoms with Gasteiger partial charge >= 0.3 is 0 Å². The first-order chi connectivity index (χ1) is 8.28. The Bertz CT molecular complexity index is 550. The van der Waals surface area contributed by atoms with E-state index in [4.69, 9.17) is 18.0 Å². The molecule has 0 bridgehead atoms. The Morgan fingerprint density at radius 3 is 2.33 bits per heavy atom. The molecular weight excluding hydrogens is 272 g/mol. The zero-order valence-corrected chi connectivity index (χ0v) is 11.5. The smallest absolute Gasteiger partial charge is 0.235 e. The highest BCUT2D eigenvalue weighted by atomic mass is 32.2. The Morgan fingerprint density at radius 1 is 1.33 bits per heavy atom. The summed E-state index contributed by atoms with van der Waals surface area (Å²) in [6.45, 7) is 0.270. The molecule has 0 saturated carbocycles. The predicted molar refractivity (Wildman–Crippen MR) is 73.9 cm³/mol. The lowest BCUT2D eigenvalue weighted by Crippen LogP contribution is -2.29.